The van der Waals surface area contributed by atoms with Gasteiger partial charge in [-0.2, -0.15) is 0 Å². The number of rotatable bonds is 7. The summed E-state index contributed by atoms with van der Waals surface area (Å²) in [5.74, 6) is 0.731. The Hall–Kier alpha value is -2.74. The number of nitrogens with zero attached hydrogens (tertiary/aromatic N) is 2. The lowest BCUT2D eigenvalue weighted by Crippen LogP contribution is -3.14. The van der Waals surface area contributed by atoms with Crippen LogP contribution in [0.1, 0.15) is 5.56 Å². The van der Waals surface area contributed by atoms with Gasteiger partial charge < -0.3 is 14.4 Å². The third-order valence-corrected chi connectivity index (χ3v) is 6.23. The highest BCUT2D eigenvalue weighted by molar-refractivity contribution is 7.22. The highest BCUT2D eigenvalue weighted by Gasteiger charge is 2.21. The van der Waals surface area contributed by atoms with Crippen molar-refractivity contribution in [3.8, 4) is 5.75 Å². The first-order chi connectivity index (χ1) is 14.7. The molecule has 1 fully saturated rings. The van der Waals surface area contributed by atoms with Gasteiger partial charge in [-0.05, 0) is 29.8 Å². The van der Waals surface area contributed by atoms with Crippen molar-refractivity contribution in [2.75, 3.05) is 51.4 Å². The average Bonchev–Trinajstić information content (AvgIpc) is 3.22. The molecule has 0 unspecified atom stereocenters. The molecule has 3 aromatic rings. The maximum atomic E-state index is 13.1. The van der Waals surface area contributed by atoms with Crippen LogP contribution in [0.25, 0.3) is 16.3 Å². The number of nitrogens with one attached hydrogen (secondary N) is 1. The van der Waals surface area contributed by atoms with Gasteiger partial charge in [0.25, 0.3) is 5.91 Å². The predicted molar refractivity (Wildman–Crippen MR) is 120 cm³/mol. The normalized spacial score (nSPS) is 15.0. The molecule has 0 aliphatic carbocycles. The average molecular weight is 425 g/mol. The SMILES string of the molecule is COc1ccc2nc(N(CC[NH+]3CCOCC3)C(=O)/C=C/c3ccccc3)sc2c1. The van der Waals surface area contributed by atoms with E-state index in [0.717, 1.165) is 54.4 Å². The quantitative estimate of drug-likeness (QED) is 0.591. The molecule has 156 valence electrons. The van der Waals surface area contributed by atoms with Crippen LogP contribution in [0, 0.1) is 0 Å². The maximum absolute atomic E-state index is 13.1. The molecule has 7 heteroatoms. The Morgan fingerprint density at radius 3 is 2.80 bits per heavy atom. The molecule has 1 N–H and O–H groups in total. The van der Waals surface area contributed by atoms with Crippen LogP contribution in [0.15, 0.2) is 54.6 Å². The van der Waals surface area contributed by atoms with E-state index in [9.17, 15) is 4.79 Å². The number of fused-ring (bicyclic) bond motifs is 1. The first-order valence-electron chi connectivity index (χ1n) is 10.1. The number of methoxy groups -OCH3 is 1. The largest absolute Gasteiger partial charge is 0.497 e. The number of thiazole rings is 1. The topological polar surface area (TPSA) is 56.1 Å². The number of amides is 1. The summed E-state index contributed by atoms with van der Waals surface area (Å²) >= 11 is 1.52. The van der Waals surface area contributed by atoms with Crippen LogP contribution in [0.4, 0.5) is 5.13 Å². The highest BCUT2D eigenvalue weighted by atomic mass is 32.1. The minimum atomic E-state index is -0.0578. The van der Waals surface area contributed by atoms with E-state index in [4.69, 9.17) is 14.5 Å². The van der Waals surface area contributed by atoms with Crippen molar-refractivity contribution >= 4 is 38.7 Å². The fourth-order valence-electron chi connectivity index (χ4n) is 3.44. The number of carbonyl (C=O) groups excluding carboxylic acids is 1. The number of hydrogen-bond acceptors (Lipinski definition) is 5. The van der Waals surface area contributed by atoms with E-state index in [-0.39, 0.29) is 5.91 Å². The zero-order valence-corrected chi connectivity index (χ0v) is 17.9. The van der Waals surface area contributed by atoms with Gasteiger partial charge in [0.15, 0.2) is 5.13 Å². The minimum Gasteiger partial charge on any atom is -0.497 e. The summed E-state index contributed by atoms with van der Waals surface area (Å²) in [6.45, 7) is 4.98. The van der Waals surface area contributed by atoms with Gasteiger partial charge >= 0.3 is 0 Å². The number of ether oxygens (including phenoxy) is 2. The van der Waals surface area contributed by atoms with Crippen molar-refractivity contribution in [2.45, 2.75) is 0 Å². The van der Waals surface area contributed by atoms with Crippen LogP contribution in [0.2, 0.25) is 0 Å². The van der Waals surface area contributed by atoms with Gasteiger partial charge in [-0.3, -0.25) is 9.69 Å². The molecule has 0 radical (unpaired) electrons. The molecule has 1 aliphatic heterocycles. The summed E-state index contributed by atoms with van der Waals surface area (Å²) in [5.41, 5.74) is 1.87. The second-order valence-electron chi connectivity index (χ2n) is 7.18. The molecule has 2 heterocycles. The Morgan fingerprint density at radius 1 is 1.23 bits per heavy atom. The van der Waals surface area contributed by atoms with Crippen LogP contribution in [-0.2, 0) is 9.53 Å². The van der Waals surface area contributed by atoms with E-state index in [1.54, 1.807) is 18.1 Å². The van der Waals surface area contributed by atoms with Crippen LogP contribution in [0.3, 0.4) is 0 Å². The number of hydrogen-bond donors (Lipinski definition) is 1. The summed E-state index contributed by atoms with van der Waals surface area (Å²) in [4.78, 5) is 21.1. The smallest absolute Gasteiger partial charge is 0.252 e. The summed E-state index contributed by atoms with van der Waals surface area (Å²) in [6.07, 6.45) is 3.49. The molecule has 1 aliphatic rings. The fourth-order valence-corrected chi connectivity index (χ4v) is 4.46. The fraction of sp³-hybridized carbons (Fsp3) is 0.304. The lowest BCUT2D eigenvalue weighted by atomic mass is 10.2. The molecule has 1 aromatic heterocycles. The van der Waals surface area contributed by atoms with Gasteiger partial charge in [0.1, 0.15) is 18.8 Å². The molecule has 6 nitrogen and oxygen atoms in total. The Labute approximate surface area is 180 Å². The van der Waals surface area contributed by atoms with Gasteiger partial charge in [0, 0.05) is 6.08 Å². The van der Waals surface area contributed by atoms with E-state index >= 15 is 0 Å². The number of carbonyl (C=O) groups is 1. The lowest BCUT2D eigenvalue weighted by Gasteiger charge is -2.26. The number of aromatic nitrogens is 1. The molecular formula is C23H26N3O3S+. The van der Waals surface area contributed by atoms with Gasteiger partial charge in [-0.15, -0.1) is 0 Å². The van der Waals surface area contributed by atoms with Gasteiger partial charge in [0.2, 0.25) is 0 Å². The third-order valence-electron chi connectivity index (χ3n) is 5.19. The monoisotopic (exact) mass is 424 g/mol. The molecule has 0 saturated carbocycles. The molecule has 2 aromatic carbocycles. The molecule has 1 amide bonds. The molecule has 1 saturated heterocycles. The predicted octanol–water partition coefficient (Wildman–Crippen LogP) is 2.27. The Balaban J connectivity index is 1.57. The van der Waals surface area contributed by atoms with E-state index < -0.39 is 0 Å². The highest BCUT2D eigenvalue weighted by Crippen LogP contribution is 2.31. The maximum Gasteiger partial charge on any atom is 0.252 e. The summed E-state index contributed by atoms with van der Waals surface area (Å²) in [6, 6.07) is 15.6. The standard InChI is InChI=1S/C23H25N3O3S/c1-28-19-8-9-20-21(17-19)30-23(24-20)26(12-11-25-13-15-29-16-14-25)22(27)10-7-18-5-3-2-4-6-18/h2-10,17H,11-16H2,1H3/p+1/b10-7+. The van der Waals surface area contributed by atoms with E-state index in [2.05, 4.69) is 0 Å². The van der Waals surface area contributed by atoms with Crippen molar-refractivity contribution < 1.29 is 19.2 Å². The van der Waals surface area contributed by atoms with E-state index in [1.807, 2.05) is 54.6 Å². The van der Waals surface area contributed by atoms with Crippen molar-refractivity contribution in [2.24, 2.45) is 0 Å². The zero-order chi connectivity index (χ0) is 20.8. The van der Waals surface area contributed by atoms with Crippen molar-refractivity contribution in [1.82, 2.24) is 4.98 Å². The first kappa shape index (κ1) is 20.5. The van der Waals surface area contributed by atoms with Crippen molar-refractivity contribution in [3.63, 3.8) is 0 Å². The molecule has 4 rings (SSSR count). The lowest BCUT2D eigenvalue weighted by molar-refractivity contribution is -0.906. The van der Waals surface area contributed by atoms with Crippen LogP contribution < -0.4 is 14.5 Å². The van der Waals surface area contributed by atoms with Crippen LogP contribution >= 0.6 is 11.3 Å². The van der Waals surface area contributed by atoms with Crippen LogP contribution in [0.5, 0.6) is 5.75 Å². The summed E-state index contributed by atoms with van der Waals surface area (Å²) < 4.78 is 11.8. The first-order valence-corrected chi connectivity index (χ1v) is 10.9. The van der Waals surface area contributed by atoms with E-state index in [1.165, 1.54) is 16.2 Å². The molecule has 0 atom stereocenters. The molecule has 0 spiro atoms. The van der Waals surface area contributed by atoms with E-state index in [0.29, 0.717) is 11.7 Å². The number of benzene rings is 2. The Bertz CT molecular complexity index is 1010. The third kappa shape index (κ3) is 5.05. The Morgan fingerprint density at radius 2 is 2.03 bits per heavy atom. The van der Waals surface area contributed by atoms with Crippen molar-refractivity contribution in [3.05, 3.63) is 60.2 Å². The van der Waals surface area contributed by atoms with Gasteiger partial charge in [-0.1, -0.05) is 41.7 Å². The Kier molecular flexibility index (Phi) is 6.74. The minimum absolute atomic E-state index is 0.0578. The van der Waals surface area contributed by atoms with Crippen LogP contribution in [-0.4, -0.2) is 57.4 Å². The molecule has 0 bridgehead atoms. The molecular weight excluding hydrogens is 398 g/mol. The molecule has 30 heavy (non-hydrogen) atoms. The second-order valence-corrected chi connectivity index (χ2v) is 8.19. The number of morpholine rings is 1. The number of anilines is 1. The van der Waals surface area contributed by atoms with Gasteiger partial charge in [-0.25, -0.2) is 4.98 Å². The summed E-state index contributed by atoms with van der Waals surface area (Å²) in [7, 11) is 1.65. The number of quaternary nitrogens is 1. The zero-order valence-electron chi connectivity index (χ0n) is 17.0. The summed E-state index contributed by atoms with van der Waals surface area (Å²) in [5, 5.41) is 0.716. The van der Waals surface area contributed by atoms with Gasteiger partial charge in [0.05, 0.1) is 43.6 Å². The second kappa shape index (κ2) is 9.84. The van der Waals surface area contributed by atoms with Crippen molar-refractivity contribution in [1.29, 1.82) is 0 Å².